The first kappa shape index (κ1) is 24.6. The molecule has 4 aromatic rings. The number of benzene rings is 2. The van der Waals surface area contributed by atoms with Crippen molar-refractivity contribution < 1.29 is 9.47 Å². The maximum Gasteiger partial charge on any atom is 0.328 e. The first-order chi connectivity index (χ1) is 18.6. The van der Waals surface area contributed by atoms with Crippen molar-refractivity contribution in [3.8, 4) is 17.1 Å². The molecule has 198 valence electrons. The fraction of sp³-hybridized carbons (Fsp3) is 0.414. The Morgan fingerprint density at radius 1 is 0.974 bits per heavy atom. The van der Waals surface area contributed by atoms with Gasteiger partial charge in [-0.25, -0.2) is 4.79 Å². The fourth-order valence-corrected chi connectivity index (χ4v) is 5.38. The predicted octanol–water partition coefficient (Wildman–Crippen LogP) is 3.82. The van der Waals surface area contributed by atoms with Gasteiger partial charge in [0.05, 0.1) is 13.2 Å². The van der Waals surface area contributed by atoms with Gasteiger partial charge in [-0.3, -0.25) is 9.47 Å². The number of rotatable bonds is 8. The summed E-state index contributed by atoms with van der Waals surface area (Å²) in [6.07, 6.45) is 4.49. The number of hydrogen-bond acceptors (Lipinski definition) is 7. The van der Waals surface area contributed by atoms with Crippen LogP contribution in [0, 0.1) is 5.92 Å². The number of anilines is 1. The second-order valence-corrected chi connectivity index (χ2v) is 10.4. The molecule has 2 fully saturated rings. The van der Waals surface area contributed by atoms with E-state index < -0.39 is 0 Å². The number of likely N-dealkylation sites (tertiary alicyclic amines) is 1. The summed E-state index contributed by atoms with van der Waals surface area (Å²) in [6.45, 7) is 5.74. The molecule has 3 N–H and O–H groups in total. The quantitative estimate of drug-likeness (QED) is 0.368. The fourth-order valence-electron chi connectivity index (χ4n) is 5.38. The van der Waals surface area contributed by atoms with Crippen LogP contribution >= 0.6 is 0 Å². The number of aromatic nitrogens is 4. The SMILES string of the molecule is Nc1nc(OCC2CCOCC2)nc2c1[nH]c(=O)n2Cc1ccc(-c2cccc(CN3CCCC3)c2)cc1. The van der Waals surface area contributed by atoms with Crippen LogP contribution in [0.3, 0.4) is 0 Å². The molecule has 2 aromatic carbocycles. The molecule has 9 nitrogen and oxygen atoms in total. The number of nitrogen functional groups attached to an aromatic ring is 1. The van der Waals surface area contributed by atoms with Crippen LogP contribution in [-0.4, -0.2) is 57.3 Å². The Morgan fingerprint density at radius 2 is 1.76 bits per heavy atom. The lowest BCUT2D eigenvalue weighted by molar-refractivity contribution is 0.0483. The molecule has 2 aliphatic rings. The standard InChI is InChI=1S/C29H34N6O3/c30-26-25-27(33-28(32-26)38-19-21-10-14-37-15-11-21)35(29(36)31-25)18-20-6-8-23(9-7-20)24-5-3-4-22(16-24)17-34-12-1-2-13-34/h3-9,16,21H,1-2,10-15,17-19H2,(H,31,36)(H2,30,32,33). The molecule has 0 bridgehead atoms. The minimum absolute atomic E-state index is 0.193. The van der Waals surface area contributed by atoms with E-state index in [-0.39, 0.29) is 17.5 Å². The number of imidazole rings is 1. The van der Waals surface area contributed by atoms with E-state index in [1.54, 1.807) is 4.57 Å². The molecule has 0 aliphatic carbocycles. The van der Waals surface area contributed by atoms with Crippen LogP contribution in [0.2, 0.25) is 0 Å². The van der Waals surface area contributed by atoms with Crippen LogP contribution in [0.25, 0.3) is 22.3 Å². The van der Waals surface area contributed by atoms with E-state index >= 15 is 0 Å². The number of aromatic amines is 1. The smallest absolute Gasteiger partial charge is 0.328 e. The van der Waals surface area contributed by atoms with Gasteiger partial charge in [0.25, 0.3) is 0 Å². The molecule has 2 aromatic heterocycles. The number of ether oxygens (including phenoxy) is 2. The lowest BCUT2D eigenvalue weighted by Gasteiger charge is -2.21. The zero-order valence-electron chi connectivity index (χ0n) is 21.6. The summed E-state index contributed by atoms with van der Waals surface area (Å²) in [6, 6.07) is 17.3. The highest BCUT2D eigenvalue weighted by Crippen LogP contribution is 2.24. The maximum absolute atomic E-state index is 12.8. The molecule has 2 saturated heterocycles. The number of fused-ring (bicyclic) bond motifs is 1. The Hall–Kier alpha value is -3.69. The summed E-state index contributed by atoms with van der Waals surface area (Å²) in [5.41, 5.74) is 11.4. The summed E-state index contributed by atoms with van der Waals surface area (Å²) in [5, 5.41) is 0. The van der Waals surface area contributed by atoms with Crippen LogP contribution < -0.4 is 16.2 Å². The monoisotopic (exact) mass is 514 g/mol. The van der Waals surface area contributed by atoms with Gasteiger partial charge in [-0.1, -0.05) is 42.5 Å². The lowest BCUT2D eigenvalue weighted by atomic mass is 10.0. The second-order valence-electron chi connectivity index (χ2n) is 10.4. The van der Waals surface area contributed by atoms with E-state index in [2.05, 4.69) is 68.4 Å². The molecule has 2 aliphatic heterocycles. The van der Waals surface area contributed by atoms with E-state index in [0.717, 1.165) is 43.7 Å². The van der Waals surface area contributed by atoms with Gasteiger partial charge in [0.15, 0.2) is 11.5 Å². The van der Waals surface area contributed by atoms with E-state index in [9.17, 15) is 4.79 Å². The van der Waals surface area contributed by atoms with Gasteiger partial charge in [0.1, 0.15) is 5.52 Å². The van der Waals surface area contributed by atoms with Gasteiger partial charge in [-0.2, -0.15) is 9.97 Å². The Bertz CT molecular complexity index is 1450. The highest BCUT2D eigenvalue weighted by molar-refractivity contribution is 5.82. The van der Waals surface area contributed by atoms with Crippen molar-refractivity contribution in [3.05, 3.63) is 70.1 Å². The van der Waals surface area contributed by atoms with Crippen LogP contribution in [0.15, 0.2) is 53.3 Å². The summed E-state index contributed by atoms with van der Waals surface area (Å²) < 4.78 is 12.9. The predicted molar refractivity (Wildman–Crippen MR) is 147 cm³/mol. The average molecular weight is 515 g/mol. The van der Waals surface area contributed by atoms with Gasteiger partial charge in [0, 0.05) is 19.8 Å². The van der Waals surface area contributed by atoms with E-state index in [1.165, 1.54) is 37.1 Å². The number of hydrogen-bond donors (Lipinski definition) is 2. The highest BCUT2D eigenvalue weighted by atomic mass is 16.5. The van der Waals surface area contributed by atoms with Crippen molar-refractivity contribution in [2.24, 2.45) is 5.92 Å². The third kappa shape index (κ3) is 5.44. The molecule has 9 heteroatoms. The van der Waals surface area contributed by atoms with Crippen LogP contribution in [0.1, 0.15) is 36.8 Å². The Balaban J connectivity index is 1.19. The van der Waals surface area contributed by atoms with Gasteiger partial charge in [-0.15, -0.1) is 0 Å². The molecule has 0 unspecified atom stereocenters. The summed E-state index contributed by atoms with van der Waals surface area (Å²) in [5.74, 6) is 0.606. The van der Waals surface area contributed by atoms with Crippen LogP contribution in [-0.2, 0) is 17.8 Å². The van der Waals surface area contributed by atoms with Crippen molar-refractivity contribution in [1.29, 1.82) is 0 Å². The van der Waals surface area contributed by atoms with Crippen molar-refractivity contribution in [2.45, 2.75) is 38.8 Å². The molecule has 4 heterocycles. The Labute approximate surface area is 221 Å². The van der Waals surface area contributed by atoms with Crippen LogP contribution in [0.4, 0.5) is 5.82 Å². The first-order valence-corrected chi connectivity index (χ1v) is 13.5. The zero-order valence-corrected chi connectivity index (χ0v) is 21.6. The van der Waals surface area contributed by atoms with Crippen LogP contribution in [0.5, 0.6) is 6.01 Å². The third-order valence-corrected chi connectivity index (χ3v) is 7.58. The van der Waals surface area contributed by atoms with E-state index in [0.29, 0.717) is 30.2 Å². The molecule has 38 heavy (non-hydrogen) atoms. The molecule has 0 amide bonds. The van der Waals surface area contributed by atoms with Crippen molar-refractivity contribution in [3.63, 3.8) is 0 Å². The second kappa shape index (κ2) is 11.0. The number of nitrogens with two attached hydrogens (primary N) is 1. The lowest BCUT2D eigenvalue weighted by Crippen LogP contribution is -2.22. The molecular weight excluding hydrogens is 480 g/mol. The maximum atomic E-state index is 12.8. The van der Waals surface area contributed by atoms with Gasteiger partial charge in [0.2, 0.25) is 0 Å². The minimum Gasteiger partial charge on any atom is -0.463 e. The zero-order chi connectivity index (χ0) is 25.9. The average Bonchev–Trinajstić information content (AvgIpc) is 3.57. The Kier molecular flexibility index (Phi) is 7.11. The Morgan fingerprint density at radius 3 is 2.55 bits per heavy atom. The summed E-state index contributed by atoms with van der Waals surface area (Å²) in [4.78, 5) is 26.9. The first-order valence-electron chi connectivity index (χ1n) is 13.5. The largest absolute Gasteiger partial charge is 0.463 e. The normalized spacial score (nSPS) is 16.8. The minimum atomic E-state index is -0.277. The number of H-pyrrole nitrogens is 1. The molecular formula is C29H34N6O3. The molecule has 0 atom stereocenters. The van der Waals surface area contributed by atoms with Crippen molar-refractivity contribution >= 4 is 17.0 Å². The molecule has 0 spiro atoms. The number of nitrogens with zero attached hydrogens (tertiary/aromatic N) is 4. The van der Waals surface area contributed by atoms with Gasteiger partial charge in [-0.05, 0) is 73.0 Å². The molecule has 0 saturated carbocycles. The summed E-state index contributed by atoms with van der Waals surface area (Å²) >= 11 is 0. The molecule has 0 radical (unpaired) electrons. The van der Waals surface area contributed by atoms with Crippen molar-refractivity contribution in [1.82, 2.24) is 24.4 Å². The third-order valence-electron chi connectivity index (χ3n) is 7.58. The number of nitrogens with one attached hydrogen (secondary N) is 1. The van der Waals surface area contributed by atoms with E-state index in [4.69, 9.17) is 15.2 Å². The van der Waals surface area contributed by atoms with Crippen molar-refractivity contribution in [2.75, 3.05) is 38.6 Å². The van der Waals surface area contributed by atoms with E-state index in [1.807, 2.05) is 0 Å². The summed E-state index contributed by atoms with van der Waals surface area (Å²) in [7, 11) is 0. The van der Waals surface area contributed by atoms with Gasteiger partial charge < -0.3 is 20.2 Å². The highest BCUT2D eigenvalue weighted by Gasteiger charge is 2.18. The molecule has 6 rings (SSSR count). The topological polar surface area (TPSA) is 111 Å². The van der Waals surface area contributed by atoms with Gasteiger partial charge >= 0.3 is 11.7 Å².